The third-order valence-electron chi connectivity index (χ3n) is 3.23. The lowest BCUT2D eigenvalue weighted by atomic mass is 10.1. The number of methoxy groups -OCH3 is 1. The smallest absolute Gasteiger partial charge is 0.186 e. The van der Waals surface area contributed by atoms with Crippen molar-refractivity contribution in [2.45, 2.75) is 10.1 Å². The van der Waals surface area contributed by atoms with E-state index in [0.717, 1.165) is 0 Å². The zero-order valence-corrected chi connectivity index (χ0v) is 12.3. The Morgan fingerprint density at radius 3 is 2.29 bits per heavy atom. The normalized spacial score (nSPS) is 12.9. The Kier molecular flexibility index (Phi) is 4.59. The maximum Gasteiger partial charge on any atom is 0.186 e. The summed E-state index contributed by atoms with van der Waals surface area (Å²) < 4.78 is 44.1. The number of hydrogen-bond donors (Lipinski definition) is 1. The highest BCUT2D eigenvalue weighted by atomic mass is 32.2. The monoisotopic (exact) mass is 309 g/mol. The SMILES string of the molecule is COc1ccc(S(=O)(=O)[C@@H](CN)c2ccccc2F)cc1. The number of halogens is 1. The van der Waals surface area contributed by atoms with Crippen LogP contribution in [0.25, 0.3) is 0 Å². The molecule has 0 heterocycles. The van der Waals surface area contributed by atoms with Gasteiger partial charge in [-0.3, -0.25) is 0 Å². The second-order valence-corrected chi connectivity index (χ2v) is 6.60. The van der Waals surface area contributed by atoms with Crippen LogP contribution in [0.15, 0.2) is 53.4 Å². The first kappa shape index (κ1) is 15.5. The number of nitrogens with two attached hydrogens (primary N) is 1. The van der Waals surface area contributed by atoms with Crippen LogP contribution in [0.1, 0.15) is 10.8 Å². The first-order valence-corrected chi connectivity index (χ1v) is 7.87. The summed E-state index contributed by atoms with van der Waals surface area (Å²) in [6, 6.07) is 11.7. The Hall–Kier alpha value is -1.92. The van der Waals surface area contributed by atoms with Gasteiger partial charge in [-0.1, -0.05) is 18.2 Å². The molecule has 21 heavy (non-hydrogen) atoms. The molecule has 0 spiro atoms. The minimum atomic E-state index is -3.77. The van der Waals surface area contributed by atoms with Gasteiger partial charge >= 0.3 is 0 Å². The fraction of sp³-hybridized carbons (Fsp3) is 0.200. The highest BCUT2D eigenvalue weighted by molar-refractivity contribution is 7.91. The molecular formula is C15H16FNO3S. The molecule has 0 amide bonds. The summed E-state index contributed by atoms with van der Waals surface area (Å²) in [6.45, 7) is -0.199. The largest absolute Gasteiger partial charge is 0.497 e. The Morgan fingerprint density at radius 1 is 1.14 bits per heavy atom. The molecule has 0 unspecified atom stereocenters. The first-order chi connectivity index (χ1) is 10.0. The number of sulfone groups is 1. The average molecular weight is 309 g/mol. The standard InChI is InChI=1S/C15H16FNO3S/c1-20-11-6-8-12(9-7-11)21(18,19)15(10-17)13-4-2-3-5-14(13)16/h2-9,15H,10,17H2,1H3/t15-/m0/s1. The molecule has 112 valence electrons. The van der Waals surface area contributed by atoms with E-state index in [1.54, 1.807) is 18.2 Å². The van der Waals surface area contributed by atoms with Gasteiger partial charge < -0.3 is 10.5 Å². The van der Waals surface area contributed by atoms with Crippen molar-refractivity contribution in [3.05, 3.63) is 59.9 Å². The Morgan fingerprint density at radius 2 is 1.76 bits per heavy atom. The molecular weight excluding hydrogens is 293 g/mol. The van der Waals surface area contributed by atoms with Crippen LogP contribution in [0.4, 0.5) is 4.39 Å². The second kappa shape index (κ2) is 6.24. The van der Waals surface area contributed by atoms with Gasteiger partial charge in [0.25, 0.3) is 0 Å². The summed E-state index contributed by atoms with van der Waals surface area (Å²) in [5, 5.41) is -1.12. The van der Waals surface area contributed by atoms with Crippen molar-refractivity contribution in [2.75, 3.05) is 13.7 Å². The molecule has 2 N–H and O–H groups in total. The van der Waals surface area contributed by atoms with Gasteiger partial charge in [-0.05, 0) is 30.3 Å². The number of hydrogen-bond acceptors (Lipinski definition) is 4. The summed E-state index contributed by atoms with van der Waals surface area (Å²) in [5.74, 6) is -0.0332. The topological polar surface area (TPSA) is 69.4 Å². The fourth-order valence-electron chi connectivity index (χ4n) is 2.09. The molecule has 4 nitrogen and oxygen atoms in total. The number of ether oxygens (including phenoxy) is 1. The van der Waals surface area contributed by atoms with Gasteiger partial charge in [-0.15, -0.1) is 0 Å². The van der Waals surface area contributed by atoms with E-state index in [4.69, 9.17) is 10.5 Å². The Bertz CT molecular complexity index is 714. The van der Waals surface area contributed by atoms with Crippen LogP contribution in [0.5, 0.6) is 5.75 Å². The minimum absolute atomic E-state index is 0.0795. The van der Waals surface area contributed by atoms with Gasteiger partial charge in [0, 0.05) is 12.1 Å². The van der Waals surface area contributed by atoms with Gasteiger partial charge in [0.2, 0.25) is 0 Å². The first-order valence-electron chi connectivity index (χ1n) is 6.33. The van der Waals surface area contributed by atoms with Gasteiger partial charge in [-0.25, -0.2) is 12.8 Å². The molecule has 0 fully saturated rings. The quantitative estimate of drug-likeness (QED) is 0.920. The molecule has 0 aromatic heterocycles. The maximum atomic E-state index is 13.9. The number of rotatable bonds is 5. The molecule has 0 aliphatic carbocycles. The molecule has 0 radical (unpaired) electrons. The average Bonchev–Trinajstić information content (AvgIpc) is 2.50. The van der Waals surface area contributed by atoms with E-state index in [-0.39, 0.29) is 17.0 Å². The van der Waals surface area contributed by atoms with E-state index < -0.39 is 20.9 Å². The van der Waals surface area contributed by atoms with Crippen LogP contribution in [0.2, 0.25) is 0 Å². The molecule has 0 saturated heterocycles. The molecule has 0 saturated carbocycles. The fourth-order valence-corrected chi connectivity index (χ4v) is 3.71. The van der Waals surface area contributed by atoms with Crippen LogP contribution in [0, 0.1) is 5.82 Å². The zero-order chi connectivity index (χ0) is 15.5. The second-order valence-electron chi connectivity index (χ2n) is 4.47. The van der Waals surface area contributed by atoms with Crippen molar-refractivity contribution in [2.24, 2.45) is 5.73 Å². The lowest BCUT2D eigenvalue weighted by molar-refractivity contribution is 0.414. The summed E-state index contributed by atoms with van der Waals surface area (Å²) in [6.07, 6.45) is 0. The Labute approximate surface area is 123 Å². The highest BCUT2D eigenvalue weighted by Crippen LogP contribution is 2.30. The summed E-state index contributed by atoms with van der Waals surface area (Å²) >= 11 is 0. The van der Waals surface area contributed by atoms with Crippen LogP contribution in [0.3, 0.4) is 0 Å². The van der Waals surface area contributed by atoms with Gasteiger partial charge in [0.1, 0.15) is 16.8 Å². The zero-order valence-electron chi connectivity index (χ0n) is 11.5. The molecule has 2 aromatic rings. The van der Waals surface area contributed by atoms with E-state index in [2.05, 4.69) is 0 Å². The molecule has 0 bridgehead atoms. The summed E-state index contributed by atoms with van der Waals surface area (Å²) in [7, 11) is -2.28. The third kappa shape index (κ3) is 3.06. The van der Waals surface area contributed by atoms with E-state index >= 15 is 0 Å². The van der Waals surface area contributed by atoms with Crippen molar-refractivity contribution in [1.29, 1.82) is 0 Å². The van der Waals surface area contributed by atoms with Crippen LogP contribution >= 0.6 is 0 Å². The van der Waals surface area contributed by atoms with Crippen LogP contribution in [-0.4, -0.2) is 22.1 Å². The summed E-state index contributed by atoms with van der Waals surface area (Å²) in [5.41, 5.74) is 5.66. The highest BCUT2D eigenvalue weighted by Gasteiger charge is 2.29. The summed E-state index contributed by atoms with van der Waals surface area (Å²) in [4.78, 5) is 0.0852. The van der Waals surface area contributed by atoms with Crippen molar-refractivity contribution < 1.29 is 17.5 Å². The molecule has 0 aliphatic rings. The van der Waals surface area contributed by atoms with Gasteiger partial charge in [-0.2, -0.15) is 0 Å². The van der Waals surface area contributed by atoms with Crippen molar-refractivity contribution in [3.63, 3.8) is 0 Å². The van der Waals surface area contributed by atoms with Crippen LogP contribution in [-0.2, 0) is 9.84 Å². The lowest BCUT2D eigenvalue weighted by Crippen LogP contribution is -2.23. The van der Waals surface area contributed by atoms with E-state index in [0.29, 0.717) is 5.75 Å². The third-order valence-corrected chi connectivity index (χ3v) is 5.35. The van der Waals surface area contributed by atoms with Gasteiger partial charge in [0.15, 0.2) is 9.84 Å². The van der Waals surface area contributed by atoms with Crippen molar-refractivity contribution in [3.8, 4) is 5.75 Å². The molecule has 2 rings (SSSR count). The van der Waals surface area contributed by atoms with Crippen LogP contribution < -0.4 is 10.5 Å². The molecule has 1 atom stereocenters. The molecule has 0 aliphatic heterocycles. The van der Waals surface area contributed by atoms with Crippen molar-refractivity contribution in [1.82, 2.24) is 0 Å². The van der Waals surface area contributed by atoms with E-state index in [9.17, 15) is 12.8 Å². The van der Waals surface area contributed by atoms with Crippen molar-refractivity contribution >= 4 is 9.84 Å². The number of benzene rings is 2. The predicted octanol–water partition coefficient (Wildman–Crippen LogP) is 2.31. The lowest BCUT2D eigenvalue weighted by Gasteiger charge is -2.17. The van der Waals surface area contributed by atoms with E-state index in [1.165, 1.54) is 37.4 Å². The van der Waals surface area contributed by atoms with E-state index in [1.807, 2.05) is 0 Å². The minimum Gasteiger partial charge on any atom is -0.497 e. The predicted molar refractivity (Wildman–Crippen MR) is 78.4 cm³/mol. The van der Waals surface area contributed by atoms with Gasteiger partial charge in [0.05, 0.1) is 12.0 Å². The molecule has 2 aromatic carbocycles. The molecule has 6 heteroatoms. The Balaban J connectivity index is 2.47. The maximum absolute atomic E-state index is 13.9.